The van der Waals surface area contributed by atoms with Crippen molar-refractivity contribution < 1.29 is 0 Å². The zero-order valence-electron chi connectivity index (χ0n) is 38.1. The van der Waals surface area contributed by atoms with Crippen LogP contribution < -0.4 is 20.7 Å². The second kappa shape index (κ2) is 18.1. The Bertz CT molecular complexity index is 3700. The molecule has 0 aliphatic rings. The normalized spacial score (nSPS) is 11.4. The van der Waals surface area contributed by atoms with Crippen molar-refractivity contribution in [3.8, 4) is 68.2 Å². The third-order valence-electron chi connectivity index (χ3n) is 13.4. The number of para-hydroxylation sites is 1. The fourth-order valence-corrected chi connectivity index (χ4v) is 15.0. The van der Waals surface area contributed by atoms with Gasteiger partial charge in [0.05, 0.1) is 22.7 Å². The Morgan fingerprint density at radius 3 is 1.19 bits per heavy atom. The molecule has 12 rings (SSSR count). The smallest absolute Gasteiger partial charge is 0.238 e. The van der Waals surface area contributed by atoms with Crippen LogP contribution in [0.15, 0.2) is 261 Å². The lowest BCUT2D eigenvalue weighted by atomic mass is 10.1. The first-order valence-corrected chi connectivity index (χ1v) is 25.5. The lowest BCUT2D eigenvalue weighted by Gasteiger charge is -2.35. The van der Waals surface area contributed by atoms with E-state index < -0.39 is 8.07 Å². The van der Waals surface area contributed by atoms with Gasteiger partial charge in [0.25, 0.3) is 0 Å². The molecular weight excluding hydrogens is 867 g/mol. The van der Waals surface area contributed by atoms with E-state index >= 15 is 0 Å². The van der Waals surface area contributed by atoms with E-state index in [1.54, 1.807) is 0 Å². The monoisotopic (exact) mass is 909 g/mol. The molecule has 0 amide bonds. The maximum Gasteiger partial charge on any atom is 0.238 e. The van der Waals surface area contributed by atoms with Crippen molar-refractivity contribution in [2.45, 2.75) is 0 Å². The second-order valence-corrected chi connectivity index (χ2v) is 21.3. The molecule has 0 unspecified atom stereocenters. The van der Waals surface area contributed by atoms with Crippen LogP contribution in [0.2, 0.25) is 0 Å². The molecule has 0 atom stereocenters. The van der Waals surface area contributed by atoms with Crippen LogP contribution in [0.25, 0.3) is 83.9 Å². The van der Waals surface area contributed by atoms with E-state index in [2.05, 4.69) is 211 Å². The van der Waals surface area contributed by atoms with Gasteiger partial charge in [0.1, 0.15) is 0 Å². The summed E-state index contributed by atoms with van der Waals surface area (Å²) >= 11 is 0. The summed E-state index contributed by atoms with van der Waals surface area (Å²) in [6, 6.07) is 95.1. The first-order valence-electron chi connectivity index (χ1n) is 23.5. The largest absolute Gasteiger partial charge is 0.278 e. The molecule has 328 valence electrons. The number of aromatic nitrogens is 4. The standard InChI is InChI=1S/C64H43N5Si/c65-44-45-37-38-61-59(39-45)58-35-13-14-36-60(58)69(61)64-67-62(49-25-11-4-12-26-49)66-63(68-64)53-30-18-34-57(43-53)70(54-31-15-27-50(40-54)46-19-5-1-6-20-46,55-32-16-28-51(41-55)47-21-7-2-8-22-47)56-33-17-29-52(42-56)48-23-9-3-10-24-48/h1-43H. The van der Waals surface area contributed by atoms with E-state index in [0.29, 0.717) is 23.2 Å². The van der Waals surface area contributed by atoms with Crippen LogP contribution in [0.5, 0.6) is 0 Å². The first-order chi connectivity index (χ1) is 34.6. The van der Waals surface area contributed by atoms with Gasteiger partial charge < -0.3 is 0 Å². The summed E-state index contributed by atoms with van der Waals surface area (Å²) in [5.74, 6) is 1.62. The molecule has 0 radical (unpaired) electrons. The predicted octanol–water partition coefficient (Wildman–Crippen LogP) is 12.6. The summed E-state index contributed by atoms with van der Waals surface area (Å²) in [5, 5.41) is 16.9. The summed E-state index contributed by atoms with van der Waals surface area (Å²) in [7, 11) is -3.29. The molecule has 0 bridgehead atoms. The van der Waals surface area contributed by atoms with Crippen molar-refractivity contribution in [2.75, 3.05) is 0 Å². The number of nitrogens with zero attached hydrogens (tertiary/aromatic N) is 5. The van der Waals surface area contributed by atoms with Crippen LogP contribution in [0.3, 0.4) is 0 Å². The Hall–Kier alpha value is -9.28. The molecule has 0 saturated carbocycles. The third kappa shape index (κ3) is 7.57. The van der Waals surface area contributed by atoms with Crippen LogP contribution in [-0.4, -0.2) is 27.6 Å². The van der Waals surface area contributed by atoms with Gasteiger partial charge in [0.15, 0.2) is 19.7 Å². The Morgan fingerprint density at radius 2 is 0.700 bits per heavy atom. The zero-order valence-corrected chi connectivity index (χ0v) is 39.1. The van der Waals surface area contributed by atoms with Crippen molar-refractivity contribution in [3.63, 3.8) is 0 Å². The molecule has 0 spiro atoms. The quantitative estimate of drug-likeness (QED) is 0.101. The number of hydrogen-bond acceptors (Lipinski definition) is 4. The number of rotatable bonds is 10. The van der Waals surface area contributed by atoms with Crippen molar-refractivity contribution >= 4 is 50.6 Å². The van der Waals surface area contributed by atoms with Gasteiger partial charge in [-0.3, -0.25) is 4.57 Å². The average molecular weight is 910 g/mol. The molecule has 5 nitrogen and oxygen atoms in total. The summed E-state index contributed by atoms with van der Waals surface area (Å²) in [5.41, 5.74) is 11.2. The van der Waals surface area contributed by atoms with Gasteiger partial charge in [-0.05, 0) is 78.4 Å². The van der Waals surface area contributed by atoms with Crippen LogP contribution in [-0.2, 0) is 0 Å². The molecular formula is C64H43N5Si. The predicted molar refractivity (Wildman–Crippen MR) is 290 cm³/mol. The highest BCUT2D eigenvalue weighted by molar-refractivity contribution is 7.20. The van der Waals surface area contributed by atoms with Gasteiger partial charge in [-0.25, -0.2) is 4.98 Å². The summed E-state index contributed by atoms with van der Waals surface area (Å²) in [4.78, 5) is 15.9. The zero-order chi connectivity index (χ0) is 46.9. The SMILES string of the molecule is N#Cc1ccc2c(c1)c1ccccc1n2-c1nc(-c2ccccc2)nc(-c2cccc([Si](c3cccc(-c4ccccc4)c3)(c3cccc(-c4ccccc4)c3)c3cccc(-c4ccccc4)c3)c2)n1. The second-order valence-electron chi connectivity index (χ2n) is 17.5. The highest BCUT2D eigenvalue weighted by Gasteiger charge is 2.42. The lowest BCUT2D eigenvalue weighted by Crippen LogP contribution is -2.74. The Morgan fingerprint density at radius 1 is 0.314 bits per heavy atom. The lowest BCUT2D eigenvalue weighted by molar-refractivity contribution is 0.953. The van der Waals surface area contributed by atoms with Crippen molar-refractivity contribution in [2.24, 2.45) is 0 Å². The molecule has 70 heavy (non-hydrogen) atoms. The fraction of sp³-hybridized carbons (Fsp3) is 0. The molecule has 6 heteroatoms. The van der Waals surface area contributed by atoms with Crippen LogP contribution in [0.1, 0.15) is 5.56 Å². The van der Waals surface area contributed by atoms with Gasteiger partial charge in [-0.1, -0.05) is 237 Å². The Kier molecular flexibility index (Phi) is 10.9. The van der Waals surface area contributed by atoms with Gasteiger partial charge in [-0.15, -0.1) is 0 Å². The van der Waals surface area contributed by atoms with Gasteiger partial charge >= 0.3 is 0 Å². The van der Waals surface area contributed by atoms with Crippen molar-refractivity contribution in [3.05, 3.63) is 266 Å². The molecule has 12 aromatic rings. The minimum absolute atomic E-state index is 0.496. The van der Waals surface area contributed by atoms with Crippen molar-refractivity contribution in [1.82, 2.24) is 19.5 Å². The van der Waals surface area contributed by atoms with Gasteiger partial charge in [0, 0.05) is 21.9 Å². The maximum atomic E-state index is 9.93. The van der Waals surface area contributed by atoms with Crippen LogP contribution >= 0.6 is 0 Å². The van der Waals surface area contributed by atoms with Crippen LogP contribution in [0, 0.1) is 11.3 Å². The number of hydrogen-bond donors (Lipinski definition) is 0. The highest BCUT2D eigenvalue weighted by Crippen LogP contribution is 2.33. The van der Waals surface area contributed by atoms with E-state index in [4.69, 9.17) is 15.0 Å². The van der Waals surface area contributed by atoms with E-state index in [-0.39, 0.29) is 0 Å². The van der Waals surface area contributed by atoms with E-state index in [1.807, 2.05) is 60.7 Å². The number of fused-ring (bicyclic) bond motifs is 3. The Balaban J connectivity index is 1.15. The number of benzene rings is 10. The van der Waals surface area contributed by atoms with E-state index in [1.165, 1.54) is 20.7 Å². The molecule has 0 saturated heterocycles. The fourth-order valence-electron chi connectivity index (χ4n) is 10.1. The molecule has 0 N–H and O–H groups in total. The summed E-state index contributed by atoms with van der Waals surface area (Å²) in [6.45, 7) is 0. The Labute approximate surface area is 408 Å². The third-order valence-corrected chi connectivity index (χ3v) is 18.1. The van der Waals surface area contributed by atoms with Gasteiger partial charge in [0.2, 0.25) is 5.95 Å². The van der Waals surface area contributed by atoms with E-state index in [0.717, 1.165) is 66.3 Å². The molecule has 2 heterocycles. The summed E-state index contributed by atoms with van der Waals surface area (Å²) < 4.78 is 2.10. The summed E-state index contributed by atoms with van der Waals surface area (Å²) in [6.07, 6.45) is 0. The van der Waals surface area contributed by atoms with Crippen molar-refractivity contribution in [1.29, 1.82) is 5.26 Å². The molecule has 0 aliphatic carbocycles. The average Bonchev–Trinajstić information content (AvgIpc) is 3.78. The topological polar surface area (TPSA) is 67.4 Å². The first kappa shape index (κ1) is 42.1. The minimum Gasteiger partial charge on any atom is -0.278 e. The van der Waals surface area contributed by atoms with E-state index in [9.17, 15) is 5.26 Å². The number of nitriles is 1. The minimum atomic E-state index is -3.29. The van der Waals surface area contributed by atoms with Crippen LogP contribution in [0.4, 0.5) is 0 Å². The molecule has 0 fully saturated rings. The molecule has 10 aromatic carbocycles. The molecule has 2 aromatic heterocycles. The highest BCUT2D eigenvalue weighted by atomic mass is 28.3. The van der Waals surface area contributed by atoms with Gasteiger partial charge in [-0.2, -0.15) is 15.2 Å². The molecule has 0 aliphatic heterocycles. The maximum absolute atomic E-state index is 9.93.